The number of aromatic nitrogens is 2. The van der Waals surface area contributed by atoms with E-state index in [9.17, 15) is 10.1 Å². The molecule has 1 aromatic heterocycles. The molecule has 2 rings (SSSR count). The quantitative estimate of drug-likeness (QED) is 0.521. The molecule has 6 nitrogen and oxygen atoms in total. The van der Waals surface area contributed by atoms with Crippen molar-refractivity contribution >= 4 is 23.1 Å². The van der Waals surface area contributed by atoms with Crippen LogP contribution in [0.25, 0.3) is 0 Å². The van der Waals surface area contributed by atoms with E-state index in [1.807, 2.05) is 0 Å². The minimum atomic E-state index is -0.498. The second kappa shape index (κ2) is 6.14. The summed E-state index contributed by atoms with van der Waals surface area (Å²) in [6.45, 7) is 2.96. The second-order valence-corrected chi connectivity index (χ2v) is 5.47. The zero-order chi connectivity index (χ0) is 13.8. The molecule has 0 amide bonds. The number of nitro groups is 1. The maximum atomic E-state index is 10.9. The van der Waals surface area contributed by atoms with Crippen molar-refractivity contribution in [3.63, 3.8) is 0 Å². The molecule has 0 aromatic carbocycles. The van der Waals surface area contributed by atoms with Crippen LogP contribution in [-0.2, 0) is 0 Å². The smallest absolute Gasteiger partial charge is 0.329 e. The summed E-state index contributed by atoms with van der Waals surface area (Å²) in [6.07, 6.45) is 5.89. The number of rotatable bonds is 4. The first-order valence-corrected chi connectivity index (χ1v) is 6.85. The maximum absolute atomic E-state index is 10.9. The number of anilines is 1. The van der Waals surface area contributed by atoms with Crippen molar-refractivity contribution in [2.75, 3.05) is 11.9 Å². The Hall–Kier alpha value is -1.43. The lowest BCUT2D eigenvalue weighted by Gasteiger charge is -2.26. The minimum Gasteiger partial charge on any atom is -0.364 e. The molecule has 0 saturated heterocycles. The second-order valence-electron chi connectivity index (χ2n) is 5.14. The minimum absolute atomic E-state index is 0.0189. The van der Waals surface area contributed by atoms with Gasteiger partial charge in [-0.15, -0.1) is 0 Å². The first kappa shape index (κ1) is 14.0. The first-order valence-electron chi connectivity index (χ1n) is 6.47. The van der Waals surface area contributed by atoms with Gasteiger partial charge in [-0.2, -0.15) is 4.98 Å². The van der Waals surface area contributed by atoms with Crippen molar-refractivity contribution in [1.82, 2.24) is 9.97 Å². The molecular weight excluding hydrogens is 268 g/mol. The summed E-state index contributed by atoms with van der Waals surface area (Å²) in [7, 11) is 0. The lowest BCUT2D eigenvalue weighted by molar-refractivity contribution is -0.384. The molecule has 1 aliphatic carbocycles. The average molecular weight is 285 g/mol. The van der Waals surface area contributed by atoms with Gasteiger partial charge in [0.2, 0.25) is 11.1 Å². The Bertz CT molecular complexity index is 461. The van der Waals surface area contributed by atoms with Crippen LogP contribution in [0.15, 0.2) is 6.20 Å². The van der Waals surface area contributed by atoms with Crippen molar-refractivity contribution in [1.29, 1.82) is 0 Å². The highest BCUT2D eigenvalue weighted by Crippen LogP contribution is 2.29. The van der Waals surface area contributed by atoms with E-state index in [1.54, 1.807) is 0 Å². The Morgan fingerprint density at radius 3 is 2.79 bits per heavy atom. The molecule has 1 N–H and O–H groups in total. The fraction of sp³-hybridized carbons (Fsp3) is 0.667. The Balaban J connectivity index is 1.98. The molecule has 0 bridgehead atoms. The van der Waals surface area contributed by atoms with Gasteiger partial charge in [0.05, 0.1) is 4.92 Å². The van der Waals surface area contributed by atoms with Crippen LogP contribution in [0, 0.1) is 22.0 Å². The van der Waals surface area contributed by atoms with Gasteiger partial charge in [0, 0.05) is 6.54 Å². The van der Waals surface area contributed by atoms with Gasteiger partial charge in [0.25, 0.3) is 0 Å². The van der Waals surface area contributed by atoms with Crippen LogP contribution < -0.4 is 5.32 Å². The SMILES string of the molecule is CC1CCC(CNc2nc(Cl)ncc2[N+](=O)[O-])CC1. The van der Waals surface area contributed by atoms with E-state index in [-0.39, 0.29) is 16.8 Å². The van der Waals surface area contributed by atoms with Gasteiger partial charge in [0.1, 0.15) is 6.20 Å². The maximum Gasteiger partial charge on any atom is 0.329 e. The highest BCUT2D eigenvalue weighted by molar-refractivity contribution is 6.28. The zero-order valence-electron chi connectivity index (χ0n) is 10.8. The Labute approximate surface area is 116 Å². The van der Waals surface area contributed by atoms with Crippen molar-refractivity contribution in [2.24, 2.45) is 11.8 Å². The summed E-state index contributed by atoms with van der Waals surface area (Å²) < 4.78 is 0. The van der Waals surface area contributed by atoms with Crippen LogP contribution in [-0.4, -0.2) is 21.4 Å². The van der Waals surface area contributed by atoms with Gasteiger partial charge >= 0.3 is 5.69 Å². The number of nitrogens with one attached hydrogen (secondary N) is 1. The van der Waals surface area contributed by atoms with E-state index in [0.29, 0.717) is 12.5 Å². The standard InChI is InChI=1S/C12H17ClN4O2/c1-8-2-4-9(5-3-8)6-14-11-10(17(18)19)7-15-12(13)16-11/h7-9H,2-6H2,1H3,(H,14,15,16). The third-order valence-corrected chi connectivity index (χ3v) is 3.81. The van der Waals surface area contributed by atoms with E-state index in [0.717, 1.165) is 25.0 Å². The van der Waals surface area contributed by atoms with Crippen molar-refractivity contribution in [2.45, 2.75) is 32.6 Å². The van der Waals surface area contributed by atoms with Gasteiger partial charge < -0.3 is 5.32 Å². The van der Waals surface area contributed by atoms with Crippen molar-refractivity contribution in [3.05, 3.63) is 21.6 Å². The van der Waals surface area contributed by atoms with E-state index < -0.39 is 4.92 Å². The normalized spacial score (nSPS) is 23.1. The van der Waals surface area contributed by atoms with Gasteiger partial charge in [-0.25, -0.2) is 4.98 Å². The number of halogens is 1. The van der Waals surface area contributed by atoms with Crippen LogP contribution in [0.1, 0.15) is 32.6 Å². The van der Waals surface area contributed by atoms with Gasteiger partial charge in [-0.05, 0) is 36.3 Å². The summed E-state index contributed by atoms with van der Waals surface area (Å²) in [4.78, 5) is 17.9. The van der Waals surface area contributed by atoms with Gasteiger partial charge in [0.15, 0.2) is 0 Å². The molecule has 1 fully saturated rings. The van der Waals surface area contributed by atoms with Crippen LogP contribution >= 0.6 is 11.6 Å². The third-order valence-electron chi connectivity index (χ3n) is 3.63. The molecule has 0 aliphatic heterocycles. The summed E-state index contributed by atoms with van der Waals surface area (Å²) in [5.41, 5.74) is -0.131. The highest BCUT2D eigenvalue weighted by atomic mass is 35.5. The fourth-order valence-corrected chi connectivity index (χ4v) is 2.53. The molecule has 0 radical (unpaired) electrons. The summed E-state index contributed by atoms with van der Waals surface area (Å²) in [6, 6.07) is 0. The Morgan fingerprint density at radius 2 is 2.16 bits per heavy atom. The monoisotopic (exact) mass is 284 g/mol. The van der Waals surface area contributed by atoms with Gasteiger partial charge in [-0.1, -0.05) is 19.8 Å². The van der Waals surface area contributed by atoms with Crippen molar-refractivity contribution in [3.8, 4) is 0 Å². The lowest BCUT2D eigenvalue weighted by Crippen LogP contribution is -2.21. The molecular formula is C12H17ClN4O2. The molecule has 1 aromatic rings. The average Bonchev–Trinajstić information content (AvgIpc) is 2.38. The summed E-state index contributed by atoms with van der Waals surface area (Å²) in [5, 5.41) is 13.9. The summed E-state index contributed by atoms with van der Waals surface area (Å²) in [5.74, 6) is 1.55. The molecule has 104 valence electrons. The topological polar surface area (TPSA) is 81.0 Å². The van der Waals surface area contributed by atoms with E-state index in [2.05, 4.69) is 22.2 Å². The summed E-state index contributed by atoms with van der Waals surface area (Å²) >= 11 is 5.68. The largest absolute Gasteiger partial charge is 0.364 e. The number of hydrogen-bond donors (Lipinski definition) is 1. The van der Waals surface area contributed by atoms with Crippen LogP contribution in [0.2, 0.25) is 5.28 Å². The highest BCUT2D eigenvalue weighted by Gasteiger charge is 2.21. The van der Waals surface area contributed by atoms with Gasteiger partial charge in [-0.3, -0.25) is 10.1 Å². The number of hydrogen-bond acceptors (Lipinski definition) is 5. The first-order chi connectivity index (χ1) is 9.06. The van der Waals surface area contributed by atoms with E-state index in [4.69, 9.17) is 11.6 Å². The third kappa shape index (κ3) is 3.76. The molecule has 0 atom stereocenters. The van der Waals surface area contributed by atoms with E-state index >= 15 is 0 Å². The van der Waals surface area contributed by atoms with Crippen molar-refractivity contribution < 1.29 is 4.92 Å². The molecule has 1 saturated carbocycles. The molecule has 0 spiro atoms. The molecule has 7 heteroatoms. The van der Waals surface area contributed by atoms with Crippen LogP contribution in [0.5, 0.6) is 0 Å². The predicted molar refractivity (Wildman–Crippen MR) is 73.3 cm³/mol. The molecule has 19 heavy (non-hydrogen) atoms. The lowest BCUT2D eigenvalue weighted by atomic mass is 9.83. The molecule has 1 aliphatic rings. The fourth-order valence-electron chi connectivity index (χ4n) is 2.39. The zero-order valence-corrected chi connectivity index (χ0v) is 11.6. The Kier molecular flexibility index (Phi) is 4.52. The molecule has 1 heterocycles. The van der Waals surface area contributed by atoms with E-state index in [1.165, 1.54) is 12.8 Å². The number of nitrogens with zero attached hydrogens (tertiary/aromatic N) is 3. The Morgan fingerprint density at radius 1 is 1.47 bits per heavy atom. The predicted octanol–water partition coefficient (Wildman–Crippen LogP) is 3.28. The molecule has 0 unspecified atom stereocenters. The van der Waals surface area contributed by atoms with Crippen LogP contribution in [0.3, 0.4) is 0 Å². The van der Waals surface area contributed by atoms with Crippen LogP contribution in [0.4, 0.5) is 11.5 Å².